The van der Waals surface area contributed by atoms with E-state index in [1.807, 2.05) is 30.5 Å². The van der Waals surface area contributed by atoms with Crippen molar-refractivity contribution in [3.05, 3.63) is 75.7 Å². The molecule has 120 valence electrons. The lowest BCUT2D eigenvalue weighted by Crippen LogP contribution is -2.29. The second kappa shape index (κ2) is 4.74. The van der Waals surface area contributed by atoms with Gasteiger partial charge in [-0.2, -0.15) is 0 Å². The molecule has 2 heterocycles. The quantitative estimate of drug-likeness (QED) is 0.489. The molecule has 5 heteroatoms. The fourth-order valence-electron chi connectivity index (χ4n) is 3.62. The van der Waals surface area contributed by atoms with Crippen LogP contribution >= 0.6 is 11.3 Å². The first-order valence-electron chi connectivity index (χ1n) is 7.83. The van der Waals surface area contributed by atoms with Gasteiger partial charge in [-0.25, -0.2) is 4.90 Å². The summed E-state index contributed by atoms with van der Waals surface area (Å²) in [5.74, 6) is -0.854. The number of amides is 2. The highest BCUT2D eigenvalue weighted by Crippen LogP contribution is 2.47. The Hall–Kier alpha value is -3.05. The molecule has 25 heavy (non-hydrogen) atoms. The summed E-state index contributed by atoms with van der Waals surface area (Å²) >= 11 is 1.26. The summed E-state index contributed by atoms with van der Waals surface area (Å²) < 4.78 is 0. The van der Waals surface area contributed by atoms with Gasteiger partial charge >= 0.3 is 0 Å². The van der Waals surface area contributed by atoms with Crippen LogP contribution in [0.2, 0.25) is 0 Å². The van der Waals surface area contributed by atoms with Gasteiger partial charge in [-0.1, -0.05) is 30.3 Å². The number of fused-ring (bicyclic) bond motifs is 4. The van der Waals surface area contributed by atoms with E-state index in [-0.39, 0.29) is 17.6 Å². The molecule has 0 bridgehead atoms. The smallest absolute Gasteiger partial charge is 0.266 e. The fraction of sp³-hybridized carbons (Fsp3) is 0.0500. The highest BCUT2D eigenvalue weighted by molar-refractivity contribution is 7.15. The minimum Gasteiger partial charge on any atom is -0.288 e. The number of benzene rings is 2. The standard InChI is InChI=1S/C20H11NO3S/c1-10-5-4-8-11-14-9-25-20(16(14)17(22)15(10)11)21-18(23)12-6-2-3-7-13(12)19(21)24/h2-9H,1H3. The van der Waals surface area contributed by atoms with Crippen molar-refractivity contribution in [3.8, 4) is 11.1 Å². The SMILES string of the molecule is Cc1cccc2c1C(=O)c1c-2csc1N1C(=O)c2ccccc2C1=O. The van der Waals surface area contributed by atoms with E-state index in [4.69, 9.17) is 0 Å². The number of anilines is 1. The van der Waals surface area contributed by atoms with Crippen LogP contribution in [0.25, 0.3) is 11.1 Å². The Morgan fingerprint density at radius 1 is 0.760 bits per heavy atom. The first kappa shape index (κ1) is 14.3. The van der Waals surface area contributed by atoms with E-state index >= 15 is 0 Å². The predicted molar refractivity (Wildman–Crippen MR) is 95.5 cm³/mol. The molecule has 4 nitrogen and oxygen atoms in total. The number of hydrogen-bond donors (Lipinski definition) is 0. The number of imide groups is 1. The molecule has 2 amide bonds. The third-order valence-electron chi connectivity index (χ3n) is 4.79. The topological polar surface area (TPSA) is 54.5 Å². The number of carbonyl (C=O) groups excluding carboxylic acids is 3. The first-order valence-corrected chi connectivity index (χ1v) is 8.71. The minimum atomic E-state index is -0.370. The van der Waals surface area contributed by atoms with Gasteiger partial charge in [0.1, 0.15) is 5.00 Å². The molecular weight excluding hydrogens is 334 g/mol. The molecule has 0 atom stereocenters. The van der Waals surface area contributed by atoms with E-state index in [2.05, 4.69) is 0 Å². The zero-order valence-electron chi connectivity index (χ0n) is 13.2. The third kappa shape index (κ3) is 1.68. The van der Waals surface area contributed by atoms with Crippen LogP contribution in [-0.2, 0) is 0 Å². The Kier molecular flexibility index (Phi) is 2.71. The Morgan fingerprint density at radius 2 is 1.40 bits per heavy atom. The molecule has 2 aliphatic rings. The molecule has 0 N–H and O–H groups in total. The van der Waals surface area contributed by atoms with Crippen LogP contribution in [-0.4, -0.2) is 17.6 Å². The molecule has 0 saturated carbocycles. The number of rotatable bonds is 1. The van der Waals surface area contributed by atoms with E-state index in [0.717, 1.165) is 21.6 Å². The molecule has 0 radical (unpaired) electrons. The lowest BCUT2D eigenvalue weighted by molar-refractivity contribution is 0.0927. The van der Waals surface area contributed by atoms with Crippen molar-refractivity contribution in [2.45, 2.75) is 6.92 Å². The molecule has 0 saturated heterocycles. The fourth-order valence-corrected chi connectivity index (χ4v) is 4.69. The number of aryl methyl sites for hydroxylation is 1. The van der Waals surface area contributed by atoms with Crippen LogP contribution < -0.4 is 4.90 Å². The van der Waals surface area contributed by atoms with Gasteiger partial charge in [0.2, 0.25) is 0 Å². The summed E-state index contributed by atoms with van der Waals surface area (Å²) in [6.07, 6.45) is 0. The molecule has 1 aromatic heterocycles. The van der Waals surface area contributed by atoms with Crippen molar-refractivity contribution in [2.24, 2.45) is 0 Å². The predicted octanol–water partition coefficient (Wildman–Crippen LogP) is 4.07. The maximum absolute atomic E-state index is 13.0. The van der Waals surface area contributed by atoms with Crippen molar-refractivity contribution in [1.29, 1.82) is 0 Å². The molecule has 2 aromatic carbocycles. The van der Waals surface area contributed by atoms with E-state index in [9.17, 15) is 14.4 Å². The highest BCUT2D eigenvalue weighted by Gasteiger charge is 2.42. The van der Waals surface area contributed by atoms with Gasteiger partial charge in [-0.3, -0.25) is 14.4 Å². The molecule has 1 aliphatic heterocycles. The summed E-state index contributed by atoms with van der Waals surface area (Å²) in [7, 11) is 0. The first-order chi connectivity index (χ1) is 12.1. The normalized spacial score (nSPS) is 14.8. The lowest BCUT2D eigenvalue weighted by Gasteiger charge is -2.13. The molecular formula is C20H11NO3S. The van der Waals surface area contributed by atoms with Crippen LogP contribution in [0.5, 0.6) is 0 Å². The maximum atomic E-state index is 13.0. The number of thiophene rings is 1. The zero-order valence-corrected chi connectivity index (χ0v) is 14.0. The lowest BCUT2D eigenvalue weighted by atomic mass is 10.0. The average molecular weight is 345 g/mol. The van der Waals surface area contributed by atoms with E-state index in [1.54, 1.807) is 24.3 Å². The van der Waals surface area contributed by atoms with E-state index in [0.29, 0.717) is 27.3 Å². The van der Waals surface area contributed by atoms with Crippen LogP contribution in [0.3, 0.4) is 0 Å². The molecule has 3 aromatic rings. The Balaban J connectivity index is 1.70. The summed E-state index contributed by atoms with van der Waals surface area (Å²) in [4.78, 5) is 39.6. The maximum Gasteiger partial charge on any atom is 0.266 e. The van der Waals surface area contributed by atoms with Crippen LogP contribution in [0.1, 0.15) is 42.2 Å². The molecule has 5 rings (SSSR count). The van der Waals surface area contributed by atoms with Crippen molar-refractivity contribution in [2.75, 3.05) is 4.90 Å². The van der Waals surface area contributed by atoms with Crippen molar-refractivity contribution < 1.29 is 14.4 Å². The van der Waals surface area contributed by atoms with Crippen molar-refractivity contribution >= 4 is 33.9 Å². The van der Waals surface area contributed by atoms with E-state index in [1.165, 1.54) is 11.3 Å². The number of carbonyl (C=O) groups is 3. The highest BCUT2D eigenvalue weighted by atomic mass is 32.1. The Bertz CT molecular complexity index is 1090. The van der Waals surface area contributed by atoms with Crippen LogP contribution in [0, 0.1) is 6.92 Å². The Labute approximate surface area is 147 Å². The molecule has 1 aliphatic carbocycles. The number of nitrogens with zero attached hydrogens (tertiary/aromatic N) is 1. The van der Waals surface area contributed by atoms with Crippen molar-refractivity contribution in [1.82, 2.24) is 0 Å². The minimum absolute atomic E-state index is 0.115. The van der Waals surface area contributed by atoms with Gasteiger partial charge < -0.3 is 0 Å². The number of hydrogen-bond acceptors (Lipinski definition) is 4. The van der Waals surface area contributed by atoms with Gasteiger partial charge in [0, 0.05) is 16.5 Å². The summed E-state index contributed by atoms with van der Waals surface area (Å²) in [6.45, 7) is 1.90. The van der Waals surface area contributed by atoms with Crippen molar-refractivity contribution in [3.63, 3.8) is 0 Å². The summed E-state index contributed by atoms with van der Waals surface area (Å²) in [6, 6.07) is 12.5. The third-order valence-corrected chi connectivity index (χ3v) is 5.75. The summed E-state index contributed by atoms with van der Waals surface area (Å²) in [5.41, 5.74) is 4.47. The molecule has 0 unspecified atom stereocenters. The average Bonchev–Trinajstić information content (AvgIpc) is 3.23. The van der Waals surface area contributed by atoms with Gasteiger partial charge in [-0.05, 0) is 30.2 Å². The van der Waals surface area contributed by atoms with Gasteiger partial charge in [0.05, 0.1) is 16.7 Å². The van der Waals surface area contributed by atoms with Crippen LogP contribution in [0.15, 0.2) is 47.8 Å². The largest absolute Gasteiger partial charge is 0.288 e. The second-order valence-corrected chi connectivity index (χ2v) is 7.01. The van der Waals surface area contributed by atoms with Gasteiger partial charge in [0.15, 0.2) is 5.78 Å². The molecule has 0 fully saturated rings. The van der Waals surface area contributed by atoms with Gasteiger partial charge in [-0.15, -0.1) is 11.3 Å². The molecule has 0 spiro atoms. The van der Waals surface area contributed by atoms with E-state index < -0.39 is 0 Å². The monoisotopic (exact) mass is 345 g/mol. The van der Waals surface area contributed by atoms with Gasteiger partial charge in [0.25, 0.3) is 11.8 Å². The Morgan fingerprint density at radius 3 is 2.08 bits per heavy atom. The second-order valence-electron chi connectivity index (χ2n) is 6.15. The summed E-state index contributed by atoms with van der Waals surface area (Å²) in [5, 5.41) is 2.28. The van der Waals surface area contributed by atoms with Crippen LogP contribution in [0.4, 0.5) is 5.00 Å². The number of ketones is 1. The zero-order chi connectivity index (χ0) is 17.3.